The van der Waals surface area contributed by atoms with Gasteiger partial charge in [-0.15, -0.1) is 0 Å². The molecule has 0 spiro atoms. The molecular weight excluding hydrogens is 272 g/mol. The van der Waals surface area contributed by atoms with E-state index in [1.165, 1.54) is 5.01 Å². The molecule has 0 saturated heterocycles. The predicted octanol–water partition coefficient (Wildman–Crippen LogP) is 0.939. The molecule has 1 atom stereocenters. The highest BCUT2D eigenvalue weighted by molar-refractivity contribution is 5.86. The van der Waals surface area contributed by atoms with Crippen LogP contribution in [0.5, 0.6) is 0 Å². The lowest BCUT2D eigenvalue weighted by atomic mass is 10.1. The van der Waals surface area contributed by atoms with Crippen molar-refractivity contribution in [3.63, 3.8) is 0 Å². The van der Waals surface area contributed by atoms with Gasteiger partial charge in [-0.25, -0.2) is 14.6 Å². The molecule has 1 aromatic heterocycles. The Bertz CT molecular complexity index is 650. The third-order valence-corrected chi connectivity index (χ3v) is 3.03. The fraction of sp³-hybridized carbons (Fsp3) is 0.286. The first-order valence-corrected chi connectivity index (χ1v) is 6.49. The number of carboxylic acid groups (broad SMARTS) is 1. The van der Waals surface area contributed by atoms with Crippen molar-refractivity contribution in [3.05, 3.63) is 36.0 Å². The third kappa shape index (κ3) is 3.73. The average molecular weight is 290 g/mol. The number of nitrogens with one attached hydrogen (secondary N) is 3. The number of urea groups is 1. The van der Waals surface area contributed by atoms with Crippen LogP contribution in [0.15, 0.2) is 30.5 Å². The van der Waals surface area contributed by atoms with Crippen LogP contribution >= 0.6 is 0 Å². The van der Waals surface area contributed by atoms with Gasteiger partial charge in [0, 0.05) is 37.6 Å². The van der Waals surface area contributed by atoms with Gasteiger partial charge in [-0.3, -0.25) is 5.43 Å². The topological polar surface area (TPSA) is 97.5 Å². The number of carboxylic acids is 1. The minimum absolute atomic E-state index is 0.209. The Kier molecular flexibility index (Phi) is 4.44. The predicted molar refractivity (Wildman–Crippen MR) is 78.8 cm³/mol. The lowest BCUT2D eigenvalue weighted by Gasteiger charge is -2.17. The smallest absolute Gasteiger partial charge is 0.330 e. The largest absolute Gasteiger partial charge is 0.480 e. The van der Waals surface area contributed by atoms with Gasteiger partial charge in [0.15, 0.2) is 0 Å². The standard InChI is InChI=1S/C14H18N4O3/c1-18(2)17-14(21)16-12(13(19)20)7-9-8-15-11-6-4-3-5-10(9)11/h3-6,8,12,15H,7H2,1-2H3,(H,19,20)(H2,16,17,21). The van der Waals surface area contributed by atoms with Gasteiger partial charge in [-0.1, -0.05) is 18.2 Å². The Morgan fingerprint density at radius 2 is 2.05 bits per heavy atom. The van der Waals surface area contributed by atoms with E-state index in [1.807, 2.05) is 24.3 Å². The maximum Gasteiger partial charge on any atom is 0.330 e. The second-order valence-electron chi connectivity index (χ2n) is 4.93. The molecule has 2 amide bonds. The van der Waals surface area contributed by atoms with Crippen molar-refractivity contribution in [1.82, 2.24) is 20.7 Å². The summed E-state index contributed by atoms with van der Waals surface area (Å²) < 4.78 is 0. The molecule has 1 heterocycles. The number of nitrogens with zero attached hydrogens (tertiary/aromatic N) is 1. The number of fused-ring (bicyclic) bond motifs is 1. The molecule has 0 fully saturated rings. The summed E-state index contributed by atoms with van der Waals surface area (Å²) in [6.45, 7) is 0. The van der Waals surface area contributed by atoms with Crippen LogP contribution in [0.4, 0.5) is 4.79 Å². The van der Waals surface area contributed by atoms with Crippen molar-refractivity contribution in [2.75, 3.05) is 14.1 Å². The quantitative estimate of drug-likeness (QED) is 0.616. The summed E-state index contributed by atoms with van der Waals surface area (Å²) in [5, 5.41) is 14.1. The van der Waals surface area contributed by atoms with Crippen LogP contribution in [0.25, 0.3) is 10.9 Å². The molecule has 0 saturated carbocycles. The molecular formula is C14H18N4O3. The van der Waals surface area contributed by atoms with Crippen LogP contribution in [0, 0.1) is 0 Å². The third-order valence-electron chi connectivity index (χ3n) is 3.03. The van der Waals surface area contributed by atoms with E-state index in [1.54, 1.807) is 20.3 Å². The van der Waals surface area contributed by atoms with E-state index in [9.17, 15) is 14.7 Å². The Labute approximate surface area is 121 Å². The van der Waals surface area contributed by atoms with Gasteiger partial charge in [-0.2, -0.15) is 0 Å². The Morgan fingerprint density at radius 1 is 1.33 bits per heavy atom. The van der Waals surface area contributed by atoms with Crippen LogP contribution in [-0.4, -0.2) is 47.2 Å². The molecule has 0 aliphatic carbocycles. The number of aliphatic carboxylic acids is 1. The first-order chi connectivity index (χ1) is 9.97. The molecule has 1 aromatic carbocycles. The number of hydrazine groups is 1. The summed E-state index contributed by atoms with van der Waals surface area (Å²) in [4.78, 5) is 26.0. The zero-order valence-corrected chi connectivity index (χ0v) is 11.9. The molecule has 4 N–H and O–H groups in total. The first kappa shape index (κ1) is 14.9. The first-order valence-electron chi connectivity index (χ1n) is 6.49. The van der Waals surface area contributed by atoms with Crippen molar-refractivity contribution < 1.29 is 14.7 Å². The maximum absolute atomic E-state index is 11.6. The van der Waals surface area contributed by atoms with Gasteiger partial charge in [-0.05, 0) is 11.6 Å². The zero-order valence-electron chi connectivity index (χ0n) is 11.9. The van der Waals surface area contributed by atoms with Crippen LogP contribution in [0.3, 0.4) is 0 Å². The number of aromatic nitrogens is 1. The number of aromatic amines is 1. The summed E-state index contributed by atoms with van der Waals surface area (Å²) in [7, 11) is 3.30. The highest BCUT2D eigenvalue weighted by Crippen LogP contribution is 2.19. The normalized spacial score (nSPS) is 12.3. The lowest BCUT2D eigenvalue weighted by molar-refractivity contribution is -0.139. The monoisotopic (exact) mass is 290 g/mol. The molecule has 2 rings (SSSR count). The number of hydrogen-bond acceptors (Lipinski definition) is 3. The van der Waals surface area contributed by atoms with E-state index in [4.69, 9.17) is 0 Å². The number of carbonyl (C=O) groups is 2. The number of amides is 2. The Morgan fingerprint density at radius 3 is 2.71 bits per heavy atom. The number of hydrogen-bond donors (Lipinski definition) is 4. The van der Waals surface area contributed by atoms with E-state index in [0.717, 1.165) is 16.5 Å². The summed E-state index contributed by atoms with van der Waals surface area (Å²) in [6, 6.07) is 6.08. The molecule has 2 aromatic rings. The van der Waals surface area contributed by atoms with Gasteiger partial charge in [0.2, 0.25) is 0 Å². The molecule has 0 radical (unpaired) electrons. The Balaban J connectivity index is 2.13. The van der Waals surface area contributed by atoms with Gasteiger partial charge in [0.1, 0.15) is 6.04 Å². The van der Waals surface area contributed by atoms with Crippen molar-refractivity contribution in [2.24, 2.45) is 0 Å². The van der Waals surface area contributed by atoms with Crippen molar-refractivity contribution in [2.45, 2.75) is 12.5 Å². The van der Waals surface area contributed by atoms with E-state index in [2.05, 4.69) is 15.7 Å². The van der Waals surface area contributed by atoms with Gasteiger partial charge in [0.25, 0.3) is 0 Å². The van der Waals surface area contributed by atoms with E-state index >= 15 is 0 Å². The van der Waals surface area contributed by atoms with Crippen LogP contribution in [0.2, 0.25) is 0 Å². The minimum Gasteiger partial charge on any atom is -0.480 e. The summed E-state index contributed by atoms with van der Waals surface area (Å²) in [5.41, 5.74) is 4.25. The molecule has 21 heavy (non-hydrogen) atoms. The molecule has 1 unspecified atom stereocenters. The lowest BCUT2D eigenvalue weighted by Crippen LogP contribution is -2.50. The average Bonchev–Trinajstić information content (AvgIpc) is 2.80. The van der Waals surface area contributed by atoms with E-state index in [0.29, 0.717) is 0 Å². The zero-order chi connectivity index (χ0) is 15.4. The van der Waals surface area contributed by atoms with E-state index < -0.39 is 18.0 Å². The summed E-state index contributed by atoms with van der Waals surface area (Å²) >= 11 is 0. The number of carbonyl (C=O) groups excluding carboxylic acids is 1. The van der Waals surface area contributed by atoms with Crippen molar-refractivity contribution >= 4 is 22.9 Å². The second kappa shape index (κ2) is 6.27. The van der Waals surface area contributed by atoms with Gasteiger partial charge >= 0.3 is 12.0 Å². The minimum atomic E-state index is -1.07. The molecule has 112 valence electrons. The number of H-pyrrole nitrogens is 1. The maximum atomic E-state index is 11.6. The van der Waals surface area contributed by atoms with Crippen LogP contribution in [-0.2, 0) is 11.2 Å². The summed E-state index contributed by atoms with van der Waals surface area (Å²) in [6.07, 6.45) is 1.98. The molecule has 7 heteroatoms. The summed E-state index contributed by atoms with van der Waals surface area (Å²) in [5.74, 6) is -1.07. The van der Waals surface area contributed by atoms with Crippen molar-refractivity contribution in [1.29, 1.82) is 0 Å². The molecule has 0 aliphatic heterocycles. The van der Waals surface area contributed by atoms with Gasteiger partial charge < -0.3 is 15.4 Å². The number of benzene rings is 1. The second-order valence-corrected chi connectivity index (χ2v) is 4.93. The van der Waals surface area contributed by atoms with Crippen LogP contribution < -0.4 is 10.7 Å². The van der Waals surface area contributed by atoms with Gasteiger partial charge in [0.05, 0.1) is 0 Å². The molecule has 7 nitrogen and oxygen atoms in total. The molecule has 0 aliphatic rings. The number of para-hydroxylation sites is 1. The number of rotatable bonds is 5. The van der Waals surface area contributed by atoms with E-state index in [-0.39, 0.29) is 6.42 Å². The van der Waals surface area contributed by atoms with Crippen LogP contribution in [0.1, 0.15) is 5.56 Å². The highest BCUT2D eigenvalue weighted by atomic mass is 16.4. The van der Waals surface area contributed by atoms with Crippen molar-refractivity contribution in [3.8, 4) is 0 Å². The highest BCUT2D eigenvalue weighted by Gasteiger charge is 2.21. The SMILES string of the molecule is CN(C)NC(=O)NC(Cc1c[nH]c2ccccc12)C(=O)O. The fourth-order valence-electron chi connectivity index (χ4n) is 2.11. The molecule has 0 bridgehead atoms. The Hall–Kier alpha value is -2.54. The fourth-order valence-corrected chi connectivity index (χ4v) is 2.11.